The highest BCUT2D eigenvalue weighted by Crippen LogP contribution is 2.32. The van der Waals surface area contributed by atoms with Gasteiger partial charge in [0.25, 0.3) is 0 Å². The molecule has 1 aromatic rings. The molecular weight excluding hydrogens is 254 g/mol. The molecule has 1 aromatic carbocycles. The number of nitrogens with two attached hydrogens (primary N) is 1. The largest absolute Gasteiger partial charge is 0.315 e. The molecule has 80 valence electrons. The molecule has 1 saturated carbocycles. The van der Waals surface area contributed by atoms with Gasteiger partial charge in [0.05, 0.1) is 0 Å². The van der Waals surface area contributed by atoms with E-state index in [1.807, 2.05) is 24.3 Å². The highest BCUT2D eigenvalue weighted by molar-refractivity contribution is 9.10. The Morgan fingerprint density at radius 1 is 1.20 bits per heavy atom. The number of benzene rings is 1. The van der Waals surface area contributed by atoms with Crippen molar-refractivity contribution < 1.29 is 4.79 Å². The lowest BCUT2D eigenvalue weighted by Crippen LogP contribution is -2.46. The van der Waals surface area contributed by atoms with Crippen LogP contribution in [0.25, 0.3) is 0 Å². The van der Waals surface area contributed by atoms with Gasteiger partial charge in [0, 0.05) is 10.9 Å². The van der Waals surface area contributed by atoms with Crippen molar-refractivity contribution in [3.8, 4) is 0 Å². The second kappa shape index (κ2) is 4.06. The van der Waals surface area contributed by atoms with Gasteiger partial charge in [-0.3, -0.25) is 4.79 Å². The van der Waals surface area contributed by atoms with Crippen molar-refractivity contribution in [2.45, 2.75) is 31.2 Å². The van der Waals surface area contributed by atoms with Gasteiger partial charge in [0.1, 0.15) is 5.54 Å². The van der Waals surface area contributed by atoms with Gasteiger partial charge in [0.15, 0.2) is 5.78 Å². The van der Waals surface area contributed by atoms with E-state index in [0.29, 0.717) is 6.42 Å². The first-order chi connectivity index (χ1) is 7.13. The fourth-order valence-corrected chi connectivity index (χ4v) is 2.37. The molecule has 0 aromatic heterocycles. The van der Waals surface area contributed by atoms with E-state index in [1.165, 1.54) is 0 Å². The average molecular weight is 268 g/mol. The lowest BCUT2D eigenvalue weighted by molar-refractivity contribution is -0.126. The molecular formula is C12H14BrNO. The summed E-state index contributed by atoms with van der Waals surface area (Å²) >= 11 is 3.38. The van der Waals surface area contributed by atoms with Crippen LogP contribution >= 0.6 is 15.9 Å². The van der Waals surface area contributed by atoms with Crippen LogP contribution in [0.5, 0.6) is 0 Å². The molecule has 1 aliphatic carbocycles. The number of hydrogen-bond donors (Lipinski definition) is 1. The minimum absolute atomic E-state index is 0.177. The van der Waals surface area contributed by atoms with E-state index < -0.39 is 5.54 Å². The van der Waals surface area contributed by atoms with E-state index in [9.17, 15) is 4.79 Å². The Kier molecular flexibility index (Phi) is 2.94. The zero-order chi connectivity index (χ0) is 10.9. The molecule has 2 rings (SSSR count). The third-order valence-electron chi connectivity index (χ3n) is 3.08. The van der Waals surface area contributed by atoms with Gasteiger partial charge in [0.2, 0.25) is 0 Å². The van der Waals surface area contributed by atoms with Crippen LogP contribution in [-0.4, -0.2) is 5.78 Å². The topological polar surface area (TPSA) is 43.1 Å². The Bertz CT molecular complexity index is 374. The van der Waals surface area contributed by atoms with Crippen LogP contribution in [0.2, 0.25) is 0 Å². The lowest BCUT2D eigenvalue weighted by Gasteiger charge is -2.32. The van der Waals surface area contributed by atoms with Crippen molar-refractivity contribution in [3.05, 3.63) is 34.3 Å². The molecule has 0 radical (unpaired) electrons. The number of Topliss-reactive ketones (excluding diaryl/α,β-unsaturated/α-hetero) is 1. The molecule has 1 fully saturated rings. The number of hydrogen-bond acceptors (Lipinski definition) is 2. The third-order valence-corrected chi connectivity index (χ3v) is 3.61. The van der Waals surface area contributed by atoms with Crippen LogP contribution in [0.1, 0.15) is 31.2 Å². The summed E-state index contributed by atoms with van der Waals surface area (Å²) in [6.45, 7) is 0. The van der Waals surface area contributed by atoms with Crippen molar-refractivity contribution in [3.63, 3.8) is 0 Å². The minimum atomic E-state index is -0.737. The maximum absolute atomic E-state index is 11.9. The Hall–Kier alpha value is -0.670. The van der Waals surface area contributed by atoms with Gasteiger partial charge in [-0.05, 0) is 30.5 Å². The number of rotatable bonds is 1. The average Bonchev–Trinajstić information content (AvgIpc) is 2.23. The highest BCUT2D eigenvalue weighted by Gasteiger charge is 2.37. The Balaban J connectivity index is 2.35. The van der Waals surface area contributed by atoms with Crippen molar-refractivity contribution in [1.29, 1.82) is 0 Å². The highest BCUT2D eigenvalue weighted by atomic mass is 79.9. The molecule has 0 heterocycles. The normalized spacial score (nSPS) is 26.7. The summed E-state index contributed by atoms with van der Waals surface area (Å²) in [7, 11) is 0. The first kappa shape index (κ1) is 10.8. The number of carbonyl (C=O) groups excluding carboxylic acids is 1. The van der Waals surface area contributed by atoms with Gasteiger partial charge in [-0.2, -0.15) is 0 Å². The second-order valence-corrected chi connectivity index (χ2v) is 5.02. The summed E-state index contributed by atoms with van der Waals surface area (Å²) in [6, 6.07) is 7.75. The second-order valence-electron chi connectivity index (χ2n) is 4.11. The van der Waals surface area contributed by atoms with E-state index in [1.54, 1.807) is 0 Å². The molecule has 2 nitrogen and oxygen atoms in total. The number of halogens is 1. The Morgan fingerprint density at radius 2 is 1.87 bits per heavy atom. The van der Waals surface area contributed by atoms with Gasteiger partial charge in [-0.15, -0.1) is 0 Å². The van der Waals surface area contributed by atoms with Gasteiger partial charge < -0.3 is 5.73 Å². The van der Waals surface area contributed by atoms with Gasteiger partial charge >= 0.3 is 0 Å². The first-order valence-corrected chi connectivity index (χ1v) is 6.00. The molecule has 3 heteroatoms. The maximum Gasteiger partial charge on any atom is 0.157 e. The summed E-state index contributed by atoms with van der Waals surface area (Å²) < 4.78 is 1.01. The minimum Gasteiger partial charge on any atom is -0.315 e. The summed E-state index contributed by atoms with van der Waals surface area (Å²) in [5.41, 5.74) is 6.41. The van der Waals surface area contributed by atoms with Crippen LogP contribution in [0.15, 0.2) is 28.7 Å². The molecule has 2 N–H and O–H groups in total. The Morgan fingerprint density at radius 3 is 2.47 bits per heavy atom. The molecule has 0 spiro atoms. The summed E-state index contributed by atoms with van der Waals surface area (Å²) in [6.07, 6.45) is 3.41. The van der Waals surface area contributed by atoms with E-state index >= 15 is 0 Å². The van der Waals surface area contributed by atoms with Crippen LogP contribution in [0, 0.1) is 0 Å². The van der Waals surface area contributed by atoms with Crippen LogP contribution in [0.4, 0.5) is 0 Å². The fourth-order valence-electron chi connectivity index (χ4n) is 2.10. The van der Waals surface area contributed by atoms with Crippen molar-refractivity contribution in [1.82, 2.24) is 0 Å². The summed E-state index contributed by atoms with van der Waals surface area (Å²) in [5.74, 6) is 0.177. The van der Waals surface area contributed by atoms with Gasteiger partial charge in [-0.25, -0.2) is 0 Å². The van der Waals surface area contributed by atoms with Crippen molar-refractivity contribution in [2.24, 2.45) is 5.73 Å². The van der Waals surface area contributed by atoms with Crippen LogP contribution in [0.3, 0.4) is 0 Å². The first-order valence-electron chi connectivity index (χ1n) is 5.21. The van der Waals surface area contributed by atoms with E-state index in [2.05, 4.69) is 15.9 Å². The zero-order valence-corrected chi connectivity index (χ0v) is 10.1. The van der Waals surface area contributed by atoms with E-state index in [-0.39, 0.29) is 5.78 Å². The quantitative estimate of drug-likeness (QED) is 0.851. The molecule has 0 aliphatic heterocycles. The van der Waals surface area contributed by atoms with Gasteiger partial charge in [-0.1, -0.05) is 34.5 Å². The predicted octanol–water partition coefficient (Wildman–Crippen LogP) is 2.75. The molecule has 0 amide bonds. The molecule has 0 saturated heterocycles. The third kappa shape index (κ3) is 1.99. The van der Waals surface area contributed by atoms with Crippen LogP contribution < -0.4 is 5.73 Å². The molecule has 1 unspecified atom stereocenters. The smallest absolute Gasteiger partial charge is 0.157 e. The SMILES string of the molecule is NC1(c2ccc(Br)cc2)CCCCC1=O. The number of carbonyl (C=O) groups is 1. The lowest BCUT2D eigenvalue weighted by atomic mass is 9.76. The predicted molar refractivity (Wildman–Crippen MR) is 63.5 cm³/mol. The molecule has 0 bridgehead atoms. The van der Waals surface area contributed by atoms with E-state index in [4.69, 9.17) is 5.73 Å². The zero-order valence-electron chi connectivity index (χ0n) is 8.50. The maximum atomic E-state index is 11.9. The van der Waals surface area contributed by atoms with Crippen LogP contribution in [-0.2, 0) is 10.3 Å². The van der Waals surface area contributed by atoms with Crippen molar-refractivity contribution >= 4 is 21.7 Å². The molecule has 1 aliphatic rings. The number of ketones is 1. The fraction of sp³-hybridized carbons (Fsp3) is 0.417. The standard InChI is InChI=1S/C12H14BrNO/c13-10-6-4-9(5-7-10)12(14)8-2-1-3-11(12)15/h4-7H,1-3,8,14H2. The monoisotopic (exact) mass is 267 g/mol. The molecule has 1 atom stereocenters. The Labute approximate surface area is 98.0 Å². The van der Waals surface area contributed by atoms with E-state index in [0.717, 1.165) is 29.3 Å². The molecule has 15 heavy (non-hydrogen) atoms. The van der Waals surface area contributed by atoms with Crippen molar-refractivity contribution in [2.75, 3.05) is 0 Å². The summed E-state index contributed by atoms with van der Waals surface area (Å²) in [4.78, 5) is 11.9. The summed E-state index contributed by atoms with van der Waals surface area (Å²) in [5, 5.41) is 0.